The number of carbonyl (C=O) groups is 1. The summed E-state index contributed by atoms with van der Waals surface area (Å²) in [5.41, 5.74) is 6.78. The summed E-state index contributed by atoms with van der Waals surface area (Å²) >= 11 is 0. The molecule has 6 heteroatoms. The molecule has 1 amide bonds. The van der Waals surface area contributed by atoms with Crippen molar-refractivity contribution in [1.29, 1.82) is 0 Å². The Morgan fingerprint density at radius 3 is 2.67 bits per heavy atom. The Balaban J connectivity index is 1.61. The maximum atomic E-state index is 12.3. The van der Waals surface area contributed by atoms with Crippen molar-refractivity contribution in [2.24, 2.45) is 5.73 Å². The number of hydrogen-bond donors (Lipinski definition) is 2. The van der Waals surface area contributed by atoms with Gasteiger partial charge in [-0.05, 0) is 25.3 Å². The van der Waals surface area contributed by atoms with Crippen molar-refractivity contribution in [1.82, 2.24) is 15.5 Å². The van der Waals surface area contributed by atoms with Gasteiger partial charge in [0.2, 0.25) is 11.8 Å². The molecule has 24 heavy (non-hydrogen) atoms. The zero-order valence-electron chi connectivity index (χ0n) is 13.9. The van der Waals surface area contributed by atoms with E-state index < -0.39 is 6.04 Å². The largest absolute Gasteiger partial charge is 0.343 e. The minimum atomic E-state index is -0.714. The van der Waals surface area contributed by atoms with Gasteiger partial charge < -0.3 is 15.6 Å². The third kappa shape index (κ3) is 3.82. The smallest absolute Gasteiger partial charge is 0.248 e. The van der Waals surface area contributed by atoms with Crippen molar-refractivity contribution in [2.45, 2.75) is 57.0 Å². The third-order valence-corrected chi connectivity index (χ3v) is 4.60. The second-order valence-electron chi connectivity index (χ2n) is 6.44. The van der Waals surface area contributed by atoms with Gasteiger partial charge in [-0.1, -0.05) is 54.8 Å². The summed E-state index contributed by atoms with van der Waals surface area (Å²) in [7, 11) is 0. The van der Waals surface area contributed by atoms with E-state index in [0.717, 1.165) is 24.2 Å². The van der Waals surface area contributed by atoms with Crippen molar-refractivity contribution < 1.29 is 9.32 Å². The number of hydrogen-bond acceptors (Lipinski definition) is 5. The number of nitrogens with one attached hydrogen (secondary N) is 1. The van der Waals surface area contributed by atoms with Crippen LogP contribution in [0.2, 0.25) is 0 Å². The number of nitrogens with zero attached hydrogens (tertiary/aromatic N) is 2. The van der Waals surface area contributed by atoms with E-state index in [4.69, 9.17) is 10.3 Å². The molecule has 0 bridgehead atoms. The van der Waals surface area contributed by atoms with Crippen LogP contribution in [0.3, 0.4) is 0 Å². The molecular formula is C18H24N4O2. The van der Waals surface area contributed by atoms with Crippen molar-refractivity contribution >= 4 is 5.91 Å². The Morgan fingerprint density at radius 2 is 1.96 bits per heavy atom. The Kier molecular flexibility index (Phi) is 5.25. The molecule has 1 saturated carbocycles. The predicted molar refractivity (Wildman–Crippen MR) is 90.1 cm³/mol. The van der Waals surface area contributed by atoms with E-state index in [0.29, 0.717) is 11.8 Å². The summed E-state index contributed by atoms with van der Waals surface area (Å²) in [4.78, 5) is 16.8. The second-order valence-corrected chi connectivity index (χ2v) is 6.44. The normalized spacial score (nSPS) is 18.1. The number of rotatable bonds is 5. The quantitative estimate of drug-likeness (QED) is 0.880. The standard InChI is InChI=1S/C18H24N4O2/c1-12(20-17(23)15(19)13-8-4-2-5-9-13)18-21-16(22-24-18)14-10-6-3-7-11-14/h2,4-5,8-9,12,14-15H,3,6-7,10-11,19H2,1H3,(H,20,23). The topological polar surface area (TPSA) is 94.0 Å². The third-order valence-electron chi connectivity index (χ3n) is 4.60. The Bertz CT molecular complexity index is 665. The summed E-state index contributed by atoms with van der Waals surface area (Å²) in [5, 5.41) is 6.95. The van der Waals surface area contributed by atoms with Gasteiger partial charge >= 0.3 is 0 Å². The SMILES string of the molecule is CC(NC(=O)C(N)c1ccccc1)c1nc(C2CCCCC2)no1. The van der Waals surface area contributed by atoms with Gasteiger partial charge in [-0.2, -0.15) is 4.98 Å². The Labute approximate surface area is 141 Å². The van der Waals surface area contributed by atoms with E-state index in [9.17, 15) is 4.79 Å². The average molecular weight is 328 g/mol. The van der Waals surface area contributed by atoms with Crippen molar-refractivity contribution in [3.05, 3.63) is 47.6 Å². The molecule has 6 nitrogen and oxygen atoms in total. The average Bonchev–Trinajstić information content (AvgIpc) is 3.13. The van der Waals surface area contributed by atoms with Crippen molar-refractivity contribution in [3.8, 4) is 0 Å². The lowest BCUT2D eigenvalue weighted by atomic mass is 9.89. The first kappa shape index (κ1) is 16.6. The lowest BCUT2D eigenvalue weighted by Gasteiger charge is -2.17. The van der Waals surface area contributed by atoms with Gasteiger partial charge in [0.1, 0.15) is 12.1 Å². The molecule has 2 aromatic rings. The summed E-state index contributed by atoms with van der Waals surface area (Å²) in [6.07, 6.45) is 5.93. The highest BCUT2D eigenvalue weighted by Crippen LogP contribution is 2.31. The van der Waals surface area contributed by atoms with Crippen LogP contribution < -0.4 is 11.1 Å². The van der Waals surface area contributed by atoms with Gasteiger partial charge in [0.15, 0.2) is 5.82 Å². The molecule has 2 atom stereocenters. The molecule has 0 saturated heterocycles. The fourth-order valence-electron chi connectivity index (χ4n) is 3.13. The first-order chi connectivity index (χ1) is 11.6. The van der Waals surface area contributed by atoms with Gasteiger partial charge in [-0.3, -0.25) is 4.79 Å². The zero-order chi connectivity index (χ0) is 16.9. The van der Waals surface area contributed by atoms with Gasteiger partial charge in [0.05, 0.1) is 0 Å². The first-order valence-electron chi connectivity index (χ1n) is 8.59. The highest BCUT2D eigenvalue weighted by Gasteiger charge is 2.24. The van der Waals surface area contributed by atoms with Gasteiger partial charge in [0, 0.05) is 5.92 Å². The van der Waals surface area contributed by atoms with E-state index in [2.05, 4.69) is 15.5 Å². The van der Waals surface area contributed by atoms with Crippen LogP contribution in [-0.4, -0.2) is 16.0 Å². The van der Waals surface area contributed by atoms with E-state index in [-0.39, 0.29) is 11.9 Å². The van der Waals surface area contributed by atoms with Crippen LogP contribution in [-0.2, 0) is 4.79 Å². The fraction of sp³-hybridized carbons (Fsp3) is 0.500. The highest BCUT2D eigenvalue weighted by molar-refractivity contribution is 5.83. The molecule has 1 aliphatic rings. The maximum absolute atomic E-state index is 12.3. The number of amides is 1. The van der Waals surface area contributed by atoms with Gasteiger partial charge in [-0.25, -0.2) is 0 Å². The van der Waals surface area contributed by atoms with Crippen molar-refractivity contribution in [3.63, 3.8) is 0 Å². The van der Waals surface area contributed by atoms with Gasteiger partial charge in [0.25, 0.3) is 0 Å². The number of carbonyl (C=O) groups excluding carboxylic acids is 1. The molecule has 3 N–H and O–H groups in total. The monoisotopic (exact) mass is 328 g/mol. The number of benzene rings is 1. The molecule has 0 aliphatic heterocycles. The lowest BCUT2D eigenvalue weighted by Crippen LogP contribution is -2.35. The summed E-state index contributed by atoms with van der Waals surface area (Å²) in [6, 6.07) is 8.21. The number of nitrogens with two attached hydrogens (primary N) is 1. The fourth-order valence-corrected chi connectivity index (χ4v) is 3.13. The molecular weight excluding hydrogens is 304 g/mol. The Hall–Kier alpha value is -2.21. The van der Waals surface area contributed by atoms with E-state index >= 15 is 0 Å². The summed E-state index contributed by atoms with van der Waals surface area (Å²) < 4.78 is 5.35. The first-order valence-corrected chi connectivity index (χ1v) is 8.59. The minimum absolute atomic E-state index is 0.258. The molecule has 1 heterocycles. The molecule has 1 aromatic carbocycles. The predicted octanol–water partition coefficient (Wildman–Crippen LogP) is 2.99. The van der Waals surface area contributed by atoms with Gasteiger partial charge in [-0.15, -0.1) is 0 Å². The van der Waals surface area contributed by atoms with Crippen LogP contribution >= 0.6 is 0 Å². The molecule has 1 aliphatic carbocycles. The molecule has 2 unspecified atom stereocenters. The summed E-state index contributed by atoms with van der Waals surface area (Å²) in [6.45, 7) is 1.83. The van der Waals surface area contributed by atoms with Crippen LogP contribution in [0.15, 0.2) is 34.9 Å². The highest BCUT2D eigenvalue weighted by atomic mass is 16.5. The maximum Gasteiger partial charge on any atom is 0.248 e. The molecule has 128 valence electrons. The zero-order valence-corrected chi connectivity index (χ0v) is 13.9. The lowest BCUT2D eigenvalue weighted by molar-refractivity contribution is -0.123. The molecule has 3 rings (SSSR count). The molecule has 0 radical (unpaired) electrons. The van der Waals surface area contributed by atoms with Crippen LogP contribution in [0.4, 0.5) is 0 Å². The number of aromatic nitrogens is 2. The van der Waals surface area contributed by atoms with Crippen LogP contribution in [0.25, 0.3) is 0 Å². The van der Waals surface area contributed by atoms with Crippen LogP contribution in [0.1, 0.15) is 74.3 Å². The summed E-state index contributed by atoms with van der Waals surface area (Å²) in [5.74, 6) is 1.32. The van der Waals surface area contributed by atoms with Crippen LogP contribution in [0, 0.1) is 0 Å². The van der Waals surface area contributed by atoms with E-state index in [1.54, 1.807) is 0 Å². The van der Waals surface area contributed by atoms with E-state index in [1.807, 2.05) is 37.3 Å². The van der Waals surface area contributed by atoms with E-state index in [1.165, 1.54) is 19.3 Å². The minimum Gasteiger partial charge on any atom is -0.343 e. The Morgan fingerprint density at radius 1 is 1.25 bits per heavy atom. The molecule has 0 spiro atoms. The molecule has 1 aromatic heterocycles. The van der Waals surface area contributed by atoms with Crippen LogP contribution in [0.5, 0.6) is 0 Å². The second kappa shape index (κ2) is 7.57. The molecule has 1 fully saturated rings. The van der Waals surface area contributed by atoms with Crippen molar-refractivity contribution in [2.75, 3.05) is 0 Å².